The van der Waals surface area contributed by atoms with Crippen LogP contribution in [0.2, 0.25) is 5.02 Å². The van der Waals surface area contributed by atoms with Crippen molar-refractivity contribution in [1.29, 1.82) is 0 Å². The maximum atomic E-state index is 12.1. The lowest BCUT2D eigenvalue weighted by Crippen LogP contribution is -2.14. The zero-order valence-electron chi connectivity index (χ0n) is 14.1. The Balaban J connectivity index is 1.49. The molecule has 26 heavy (non-hydrogen) atoms. The molecule has 0 saturated carbocycles. The number of sulfone groups is 1. The third kappa shape index (κ3) is 5.21. The normalized spacial score (nSPS) is 18.8. The summed E-state index contributed by atoms with van der Waals surface area (Å²) >= 11 is 7.03. The van der Waals surface area contributed by atoms with E-state index in [4.69, 9.17) is 16.0 Å². The zero-order chi connectivity index (χ0) is 18.7. The van der Waals surface area contributed by atoms with E-state index in [1.165, 1.54) is 0 Å². The summed E-state index contributed by atoms with van der Waals surface area (Å²) in [5.74, 6) is 0.750. The first-order chi connectivity index (χ1) is 12.3. The predicted octanol–water partition coefficient (Wildman–Crippen LogP) is 2.74. The van der Waals surface area contributed by atoms with E-state index in [0.29, 0.717) is 34.7 Å². The van der Waals surface area contributed by atoms with Gasteiger partial charge in [-0.15, -0.1) is 10.2 Å². The lowest BCUT2D eigenvalue weighted by Gasteiger charge is -2.07. The van der Waals surface area contributed by atoms with Crippen LogP contribution < -0.4 is 5.32 Å². The summed E-state index contributed by atoms with van der Waals surface area (Å²) < 4.78 is 28.5. The number of carbonyl (C=O) groups excluding carboxylic acids is 1. The van der Waals surface area contributed by atoms with Crippen molar-refractivity contribution in [2.24, 2.45) is 5.92 Å². The van der Waals surface area contributed by atoms with Crippen molar-refractivity contribution in [2.75, 3.05) is 22.6 Å². The topological polar surface area (TPSA) is 102 Å². The highest BCUT2D eigenvalue weighted by molar-refractivity contribution is 7.99. The molecule has 3 rings (SSSR count). The lowest BCUT2D eigenvalue weighted by atomic mass is 10.1. The monoisotopic (exact) mass is 415 g/mol. The molecule has 0 spiro atoms. The van der Waals surface area contributed by atoms with Crippen LogP contribution in [0, 0.1) is 12.8 Å². The molecule has 1 N–H and O–H groups in total. The molecule has 0 unspecified atom stereocenters. The van der Waals surface area contributed by atoms with E-state index < -0.39 is 9.84 Å². The standard InChI is InChI=1S/C16H18ClN3O4S2/c1-10-6-12(17)2-3-13(10)18-14(21)8-25-16-20-19-15(24-16)7-11-4-5-26(22,23)9-11/h2-3,6,11H,4-5,7-9H2,1H3,(H,18,21)/t11-/m1/s1. The first-order valence-corrected chi connectivity index (χ1v) is 11.2. The molecule has 0 bridgehead atoms. The average molecular weight is 416 g/mol. The molecule has 7 nitrogen and oxygen atoms in total. The van der Waals surface area contributed by atoms with Crippen molar-refractivity contribution >= 4 is 44.8 Å². The van der Waals surface area contributed by atoms with Crippen LogP contribution in [0.4, 0.5) is 5.69 Å². The van der Waals surface area contributed by atoms with Crippen molar-refractivity contribution < 1.29 is 17.6 Å². The molecular weight excluding hydrogens is 398 g/mol. The summed E-state index contributed by atoms with van der Waals surface area (Å²) in [5.41, 5.74) is 1.58. The van der Waals surface area contributed by atoms with E-state index in [9.17, 15) is 13.2 Å². The van der Waals surface area contributed by atoms with Crippen LogP contribution in [0.3, 0.4) is 0 Å². The van der Waals surface area contributed by atoms with Gasteiger partial charge in [-0.3, -0.25) is 4.79 Å². The molecule has 1 aliphatic rings. The van der Waals surface area contributed by atoms with Gasteiger partial charge in [0.05, 0.1) is 17.3 Å². The number of amides is 1. The van der Waals surface area contributed by atoms with Gasteiger partial charge in [-0.1, -0.05) is 23.4 Å². The van der Waals surface area contributed by atoms with Crippen LogP contribution in [-0.2, 0) is 21.1 Å². The fraction of sp³-hybridized carbons (Fsp3) is 0.438. The third-order valence-corrected chi connectivity index (χ3v) is 6.92. The molecule has 1 aliphatic heterocycles. The van der Waals surface area contributed by atoms with Gasteiger partial charge in [0.15, 0.2) is 9.84 Å². The van der Waals surface area contributed by atoms with Gasteiger partial charge in [0, 0.05) is 17.1 Å². The quantitative estimate of drug-likeness (QED) is 0.723. The SMILES string of the molecule is Cc1cc(Cl)ccc1NC(=O)CSc1nnc(C[C@H]2CCS(=O)(=O)C2)o1. The minimum Gasteiger partial charge on any atom is -0.416 e. The number of hydrogen-bond donors (Lipinski definition) is 1. The van der Waals surface area contributed by atoms with Crippen molar-refractivity contribution in [3.8, 4) is 0 Å². The molecule has 2 heterocycles. The Morgan fingerprint density at radius 3 is 2.92 bits per heavy atom. The van der Waals surface area contributed by atoms with Crippen LogP contribution in [0.25, 0.3) is 0 Å². The molecule has 10 heteroatoms. The van der Waals surface area contributed by atoms with Crippen LogP contribution >= 0.6 is 23.4 Å². The van der Waals surface area contributed by atoms with Gasteiger partial charge >= 0.3 is 0 Å². The number of rotatable bonds is 6. The van der Waals surface area contributed by atoms with E-state index in [0.717, 1.165) is 17.3 Å². The molecule has 0 aliphatic carbocycles. The Morgan fingerprint density at radius 1 is 1.42 bits per heavy atom. The van der Waals surface area contributed by atoms with Crippen LogP contribution in [0.5, 0.6) is 0 Å². The fourth-order valence-electron chi connectivity index (χ4n) is 2.74. The number of aryl methyl sites for hydroxylation is 1. The van der Waals surface area contributed by atoms with Gasteiger partial charge in [-0.05, 0) is 43.0 Å². The smallest absolute Gasteiger partial charge is 0.277 e. The minimum atomic E-state index is -2.92. The zero-order valence-corrected chi connectivity index (χ0v) is 16.5. The number of benzene rings is 1. The number of nitrogens with zero attached hydrogens (tertiary/aromatic N) is 2. The van der Waals surface area contributed by atoms with Crippen molar-refractivity contribution in [2.45, 2.75) is 25.0 Å². The Labute approximate surface area is 160 Å². The number of anilines is 1. The number of hydrogen-bond acceptors (Lipinski definition) is 7. The largest absolute Gasteiger partial charge is 0.416 e. The van der Waals surface area contributed by atoms with E-state index in [1.54, 1.807) is 18.2 Å². The molecule has 0 radical (unpaired) electrons. The summed E-state index contributed by atoms with van der Waals surface area (Å²) in [6.07, 6.45) is 1.07. The highest BCUT2D eigenvalue weighted by Crippen LogP contribution is 2.24. The van der Waals surface area contributed by atoms with E-state index in [2.05, 4.69) is 15.5 Å². The molecule has 1 fully saturated rings. The van der Waals surface area contributed by atoms with Crippen LogP contribution in [0.15, 0.2) is 27.8 Å². The Kier molecular flexibility index (Phi) is 5.89. The first-order valence-electron chi connectivity index (χ1n) is 8.02. The lowest BCUT2D eigenvalue weighted by molar-refractivity contribution is -0.113. The van der Waals surface area contributed by atoms with E-state index in [1.807, 2.05) is 6.92 Å². The van der Waals surface area contributed by atoms with Crippen LogP contribution in [-0.4, -0.2) is 41.8 Å². The van der Waals surface area contributed by atoms with E-state index in [-0.39, 0.29) is 29.1 Å². The molecule has 1 aromatic heterocycles. The molecule has 2 aromatic rings. The molecule has 1 saturated heterocycles. The number of nitrogens with one attached hydrogen (secondary N) is 1. The number of aromatic nitrogens is 2. The average Bonchev–Trinajstić information content (AvgIpc) is 3.14. The van der Waals surface area contributed by atoms with Gasteiger partial charge in [-0.25, -0.2) is 8.42 Å². The second-order valence-electron chi connectivity index (χ2n) is 6.23. The third-order valence-electron chi connectivity index (χ3n) is 4.03. The van der Waals surface area contributed by atoms with Crippen LogP contribution in [0.1, 0.15) is 17.9 Å². The predicted molar refractivity (Wildman–Crippen MR) is 100 cm³/mol. The maximum Gasteiger partial charge on any atom is 0.277 e. The summed E-state index contributed by atoms with van der Waals surface area (Å²) in [4.78, 5) is 12.1. The fourth-order valence-corrected chi connectivity index (χ4v) is 5.41. The minimum absolute atomic E-state index is 0.0227. The van der Waals surface area contributed by atoms with Crippen molar-refractivity contribution in [1.82, 2.24) is 10.2 Å². The van der Waals surface area contributed by atoms with E-state index >= 15 is 0 Å². The van der Waals surface area contributed by atoms with Crippen molar-refractivity contribution in [3.63, 3.8) is 0 Å². The second kappa shape index (κ2) is 7.98. The van der Waals surface area contributed by atoms with Gasteiger partial charge in [0.2, 0.25) is 11.8 Å². The summed E-state index contributed by atoms with van der Waals surface area (Å²) in [6, 6.07) is 5.24. The van der Waals surface area contributed by atoms with Gasteiger partial charge in [0.25, 0.3) is 5.22 Å². The Hall–Kier alpha value is -1.58. The maximum absolute atomic E-state index is 12.1. The highest BCUT2D eigenvalue weighted by atomic mass is 35.5. The van der Waals surface area contributed by atoms with Gasteiger partial charge < -0.3 is 9.73 Å². The summed E-state index contributed by atoms with van der Waals surface area (Å²) in [7, 11) is -2.92. The molecule has 1 amide bonds. The summed E-state index contributed by atoms with van der Waals surface area (Å²) in [5, 5.41) is 11.6. The number of carbonyl (C=O) groups is 1. The Morgan fingerprint density at radius 2 is 2.23 bits per heavy atom. The van der Waals surface area contributed by atoms with Crippen molar-refractivity contribution in [3.05, 3.63) is 34.7 Å². The first kappa shape index (κ1) is 19.2. The van der Waals surface area contributed by atoms with Gasteiger partial charge in [0.1, 0.15) is 0 Å². The second-order valence-corrected chi connectivity index (χ2v) is 9.82. The van der Waals surface area contributed by atoms with Gasteiger partial charge in [-0.2, -0.15) is 0 Å². The molecular formula is C16H18ClN3O4S2. The number of halogens is 1. The molecule has 1 aromatic carbocycles. The molecule has 140 valence electrons. The highest BCUT2D eigenvalue weighted by Gasteiger charge is 2.29. The Bertz CT molecular complexity index is 914. The summed E-state index contributed by atoms with van der Waals surface area (Å²) in [6.45, 7) is 1.86. The number of thioether (sulfide) groups is 1. The molecule has 1 atom stereocenters.